The molecule has 0 spiro atoms. The second-order valence-corrected chi connectivity index (χ2v) is 8.35. The van der Waals surface area contributed by atoms with Crippen LogP contribution in [0.15, 0.2) is 36.5 Å². The molecule has 2 aromatic heterocycles. The summed E-state index contributed by atoms with van der Waals surface area (Å²) in [6.07, 6.45) is -3.26. The first-order valence-corrected chi connectivity index (χ1v) is 10.4. The Kier molecular flexibility index (Phi) is 5.83. The molecule has 0 unspecified atom stereocenters. The lowest BCUT2D eigenvalue weighted by Gasteiger charge is -2.32. The quantitative estimate of drug-likeness (QED) is 0.492. The van der Waals surface area contributed by atoms with Gasteiger partial charge in [-0.15, -0.1) is 0 Å². The number of rotatable bonds is 3. The monoisotopic (exact) mass is 497 g/mol. The second-order valence-electron chi connectivity index (χ2n) is 7.55. The summed E-state index contributed by atoms with van der Waals surface area (Å²) in [7, 11) is 0. The van der Waals surface area contributed by atoms with E-state index in [4.69, 9.17) is 23.2 Å². The smallest absolute Gasteiger partial charge is 0.319 e. The van der Waals surface area contributed by atoms with Gasteiger partial charge >= 0.3 is 6.18 Å². The summed E-state index contributed by atoms with van der Waals surface area (Å²) in [5.41, 5.74) is 0.246. The van der Waals surface area contributed by atoms with Crippen molar-refractivity contribution in [2.45, 2.75) is 26.1 Å². The average molecular weight is 498 g/mol. The molecular weight excluding hydrogens is 482 g/mol. The van der Waals surface area contributed by atoms with Gasteiger partial charge in [0.1, 0.15) is 5.15 Å². The third-order valence-corrected chi connectivity index (χ3v) is 5.62. The number of aryl methyl sites for hydroxylation is 1. The van der Waals surface area contributed by atoms with Crippen molar-refractivity contribution in [1.82, 2.24) is 14.8 Å². The zero-order valence-corrected chi connectivity index (χ0v) is 18.8. The van der Waals surface area contributed by atoms with Crippen molar-refractivity contribution in [3.63, 3.8) is 0 Å². The van der Waals surface area contributed by atoms with Crippen LogP contribution < -0.4 is 10.2 Å². The number of aromatic nitrogens is 3. The lowest BCUT2D eigenvalue weighted by Crippen LogP contribution is -2.43. The SMILES string of the molecule is Cc1cc(C(=O)Nc2cnn3c2C(=O)N(c2ccc(C(F)(F)F)c(Cl)c2)C[C@@H]3C)cc(Cl)n1. The van der Waals surface area contributed by atoms with Crippen molar-refractivity contribution in [2.24, 2.45) is 0 Å². The summed E-state index contributed by atoms with van der Waals surface area (Å²) in [6, 6.07) is 5.73. The van der Waals surface area contributed by atoms with E-state index in [1.54, 1.807) is 13.8 Å². The minimum absolute atomic E-state index is 0.0926. The number of anilines is 2. The van der Waals surface area contributed by atoms with E-state index in [-0.39, 0.29) is 40.4 Å². The maximum Gasteiger partial charge on any atom is 0.417 e. The highest BCUT2D eigenvalue weighted by atomic mass is 35.5. The van der Waals surface area contributed by atoms with Gasteiger partial charge in [-0.1, -0.05) is 23.2 Å². The van der Waals surface area contributed by atoms with Crippen molar-refractivity contribution < 1.29 is 22.8 Å². The number of fused-ring (bicyclic) bond motifs is 1. The Balaban J connectivity index is 1.66. The predicted octanol–water partition coefficient (Wildman–Crippen LogP) is 5.39. The van der Waals surface area contributed by atoms with Crippen LogP contribution in [0.25, 0.3) is 0 Å². The van der Waals surface area contributed by atoms with Gasteiger partial charge in [0.2, 0.25) is 0 Å². The van der Waals surface area contributed by atoms with Crippen molar-refractivity contribution in [1.29, 1.82) is 0 Å². The Morgan fingerprint density at radius 3 is 2.58 bits per heavy atom. The van der Waals surface area contributed by atoms with Gasteiger partial charge in [-0.05, 0) is 44.2 Å². The number of nitrogens with one attached hydrogen (secondary N) is 1. The third-order valence-electron chi connectivity index (χ3n) is 5.11. The molecule has 1 aliphatic rings. The molecule has 1 aromatic carbocycles. The number of amides is 2. The van der Waals surface area contributed by atoms with Crippen LogP contribution in [0.4, 0.5) is 24.5 Å². The molecule has 7 nitrogen and oxygen atoms in total. The van der Waals surface area contributed by atoms with Gasteiger partial charge in [0.05, 0.1) is 28.5 Å². The number of hydrogen-bond donors (Lipinski definition) is 1. The summed E-state index contributed by atoms with van der Waals surface area (Å²) in [6.45, 7) is 3.63. The highest BCUT2D eigenvalue weighted by Crippen LogP contribution is 2.38. The Labute approximate surface area is 196 Å². The molecule has 0 fully saturated rings. The summed E-state index contributed by atoms with van der Waals surface area (Å²) >= 11 is 11.8. The molecule has 3 aromatic rings. The van der Waals surface area contributed by atoms with E-state index < -0.39 is 28.6 Å². The van der Waals surface area contributed by atoms with Gasteiger partial charge in [0.15, 0.2) is 5.69 Å². The normalized spacial score (nSPS) is 16.0. The molecule has 1 aliphatic heterocycles. The molecule has 0 saturated heterocycles. The van der Waals surface area contributed by atoms with Crippen molar-refractivity contribution >= 4 is 46.4 Å². The third kappa shape index (κ3) is 4.40. The van der Waals surface area contributed by atoms with Crippen LogP contribution in [0.1, 0.15) is 45.1 Å². The zero-order chi connectivity index (χ0) is 24.1. The van der Waals surface area contributed by atoms with Crippen LogP contribution >= 0.6 is 23.2 Å². The first-order valence-electron chi connectivity index (χ1n) is 9.67. The van der Waals surface area contributed by atoms with Gasteiger partial charge in [-0.3, -0.25) is 14.3 Å². The first kappa shape index (κ1) is 23.1. The van der Waals surface area contributed by atoms with Crippen LogP contribution in [0.5, 0.6) is 0 Å². The number of pyridine rings is 1. The summed E-state index contributed by atoms with van der Waals surface area (Å²) < 4.78 is 40.6. The number of alkyl halides is 3. The number of benzene rings is 1. The van der Waals surface area contributed by atoms with Gasteiger partial charge in [-0.2, -0.15) is 18.3 Å². The Hall–Kier alpha value is -3.11. The molecule has 4 rings (SSSR count). The molecule has 1 N–H and O–H groups in total. The summed E-state index contributed by atoms with van der Waals surface area (Å²) in [5.74, 6) is -1.06. The van der Waals surface area contributed by atoms with Crippen molar-refractivity contribution in [3.8, 4) is 0 Å². The van der Waals surface area contributed by atoms with Gasteiger partial charge < -0.3 is 10.2 Å². The second kappa shape index (κ2) is 8.35. The molecule has 3 heterocycles. The number of carbonyl (C=O) groups is 2. The fraction of sp³-hybridized carbons (Fsp3) is 0.238. The van der Waals surface area contributed by atoms with Crippen molar-refractivity contribution in [3.05, 3.63) is 69.2 Å². The van der Waals surface area contributed by atoms with E-state index in [1.165, 1.54) is 34.0 Å². The standard InChI is InChI=1S/C21H16Cl2F3N5O2/c1-10-5-12(6-17(23)28-10)19(32)29-16-8-27-31-11(2)9-30(20(33)18(16)31)13-3-4-14(15(22)7-13)21(24,25)26/h3-8,11H,9H2,1-2H3,(H,29,32)/t11-/m0/s1. The van der Waals surface area contributed by atoms with E-state index in [0.29, 0.717) is 5.69 Å². The predicted molar refractivity (Wildman–Crippen MR) is 117 cm³/mol. The van der Waals surface area contributed by atoms with E-state index in [2.05, 4.69) is 15.4 Å². The maximum atomic E-state index is 13.3. The minimum Gasteiger partial charge on any atom is -0.319 e. The molecule has 33 heavy (non-hydrogen) atoms. The van der Waals surface area contributed by atoms with Crippen molar-refractivity contribution in [2.75, 3.05) is 16.8 Å². The molecule has 2 amide bonds. The fourth-order valence-corrected chi connectivity index (χ4v) is 4.16. The maximum absolute atomic E-state index is 13.3. The van der Waals surface area contributed by atoms with E-state index >= 15 is 0 Å². The van der Waals surface area contributed by atoms with Gasteiger partial charge in [-0.25, -0.2) is 4.98 Å². The number of hydrogen-bond acceptors (Lipinski definition) is 4. The van der Waals surface area contributed by atoms with Gasteiger partial charge in [0, 0.05) is 23.5 Å². The molecular formula is C21H16Cl2F3N5O2. The highest BCUT2D eigenvalue weighted by molar-refractivity contribution is 6.32. The highest BCUT2D eigenvalue weighted by Gasteiger charge is 2.36. The van der Waals surface area contributed by atoms with Crippen LogP contribution in [-0.4, -0.2) is 33.1 Å². The molecule has 0 radical (unpaired) electrons. The molecule has 0 aliphatic carbocycles. The fourth-order valence-electron chi connectivity index (χ4n) is 3.63. The van der Waals surface area contributed by atoms with Crippen LogP contribution in [0, 0.1) is 6.92 Å². The number of halogens is 5. The average Bonchev–Trinajstić information content (AvgIpc) is 3.13. The molecule has 172 valence electrons. The minimum atomic E-state index is -4.61. The summed E-state index contributed by atoms with van der Waals surface area (Å²) in [4.78, 5) is 31.3. The zero-order valence-electron chi connectivity index (χ0n) is 17.2. The first-order chi connectivity index (χ1) is 15.5. The van der Waals surface area contributed by atoms with Gasteiger partial charge in [0.25, 0.3) is 11.8 Å². The largest absolute Gasteiger partial charge is 0.417 e. The topological polar surface area (TPSA) is 80.1 Å². The summed E-state index contributed by atoms with van der Waals surface area (Å²) in [5, 5.41) is 6.49. The van der Waals surface area contributed by atoms with Crippen LogP contribution in [0.2, 0.25) is 10.2 Å². The lowest BCUT2D eigenvalue weighted by atomic mass is 10.1. The Morgan fingerprint density at radius 2 is 1.94 bits per heavy atom. The van der Waals surface area contributed by atoms with Crippen LogP contribution in [-0.2, 0) is 6.18 Å². The van der Waals surface area contributed by atoms with E-state index in [1.807, 2.05) is 0 Å². The lowest BCUT2D eigenvalue weighted by molar-refractivity contribution is -0.137. The molecule has 0 saturated carbocycles. The molecule has 1 atom stereocenters. The molecule has 0 bridgehead atoms. The number of nitrogens with zero attached hydrogens (tertiary/aromatic N) is 4. The van der Waals surface area contributed by atoms with E-state index in [0.717, 1.165) is 12.1 Å². The molecule has 12 heteroatoms. The Morgan fingerprint density at radius 1 is 1.21 bits per heavy atom. The Bertz CT molecular complexity index is 1260. The van der Waals surface area contributed by atoms with Crippen LogP contribution in [0.3, 0.4) is 0 Å². The van der Waals surface area contributed by atoms with E-state index in [9.17, 15) is 22.8 Å². The number of carbonyl (C=O) groups excluding carboxylic acids is 2.